The number of carbonyl (C=O) groups excluding carboxylic acids is 2. The highest BCUT2D eigenvalue weighted by Gasteiger charge is 2.04. The van der Waals surface area contributed by atoms with Crippen molar-refractivity contribution in [3.8, 4) is 6.07 Å². The van der Waals surface area contributed by atoms with Crippen molar-refractivity contribution in [2.75, 3.05) is 6.61 Å². The Balaban J connectivity index is 4.04. The quantitative estimate of drug-likeness (QED) is 0.232. The van der Waals surface area contributed by atoms with Crippen molar-refractivity contribution in [1.29, 1.82) is 5.26 Å². The Hall–Kier alpha value is -1.90. The molecule has 0 aliphatic rings. The summed E-state index contributed by atoms with van der Waals surface area (Å²) in [5.41, 5.74) is 4.11. The third-order valence-corrected chi connectivity index (χ3v) is 0.638. The minimum absolute atomic E-state index is 0.307. The maximum Gasteiger partial charge on any atom is 0.281 e. The van der Waals surface area contributed by atoms with Gasteiger partial charge in [-0.15, -0.1) is 0 Å². The van der Waals surface area contributed by atoms with E-state index < -0.39 is 11.6 Å². The minimum atomic E-state index is -0.988. The first-order valence-electron chi connectivity index (χ1n) is 2.56. The molecule has 0 unspecified atom stereocenters. The fourth-order valence-electron chi connectivity index (χ4n) is 0.253. The van der Waals surface area contributed by atoms with Gasteiger partial charge in [-0.2, -0.15) is 5.26 Å². The van der Waals surface area contributed by atoms with E-state index in [-0.39, 0.29) is 6.61 Å². The van der Waals surface area contributed by atoms with Gasteiger partial charge in [-0.25, -0.2) is 0 Å². The van der Waals surface area contributed by atoms with Gasteiger partial charge in [0.15, 0.2) is 12.9 Å². The second-order valence-electron chi connectivity index (χ2n) is 1.38. The van der Waals surface area contributed by atoms with Crippen LogP contribution in [0.15, 0.2) is 5.16 Å². The summed E-state index contributed by atoms with van der Waals surface area (Å²) in [5, 5.41) is 11.1. The van der Waals surface area contributed by atoms with Crippen LogP contribution in [0, 0.1) is 11.3 Å². The smallest absolute Gasteiger partial charge is 0.281 e. The van der Waals surface area contributed by atoms with Crippen LogP contribution in [0.3, 0.4) is 0 Å². The van der Waals surface area contributed by atoms with E-state index >= 15 is 0 Å². The number of primary amides is 1. The van der Waals surface area contributed by atoms with Gasteiger partial charge in [0.05, 0.1) is 0 Å². The largest absolute Gasteiger partial charge is 0.387 e. The summed E-state index contributed by atoms with van der Waals surface area (Å²) in [7, 11) is 0. The van der Waals surface area contributed by atoms with E-state index in [9.17, 15) is 9.59 Å². The Morgan fingerprint density at radius 1 is 1.82 bits per heavy atom. The molecule has 0 radical (unpaired) electrons. The lowest BCUT2D eigenvalue weighted by Crippen LogP contribution is -2.22. The molecule has 0 heterocycles. The molecular weight excluding hydrogens is 150 g/mol. The van der Waals surface area contributed by atoms with Gasteiger partial charge >= 0.3 is 0 Å². The van der Waals surface area contributed by atoms with Crippen LogP contribution in [0.5, 0.6) is 0 Å². The summed E-state index contributed by atoms with van der Waals surface area (Å²) in [4.78, 5) is 24.1. The predicted octanol–water partition coefficient (Wildman–Crippen LogP) is -1.43. The molecule has 0 aromatic carbocycles. The first kappa shape index (κ1) is 9.10. The Morgan fingerprint density at radius 2 is 2.45 bits per heavy atom. The van der Waals surface area contributed by atoms with Crippen molar-refractivity contribution in [2.24, 2.45) is 10.9 Å². The Kier molecular flexibility index (Phi) is 4.08. The molecule has 0 bridgehead atoms. The average molecular weight is 155 g/mol. The van der Waals surface area contributed by atoms with E-state index in [1.54, 1.807) is 0 Å². The summed E-state index contributed by atoms with van der Waals surface area (Å²) in [6.07, 6.45) is 0.430. The van der Waals surface area contributed by atoms with E-state index in [0.717, 1.165) is 0 Å². The molecule has 0 spiro atoms. The molecule has 2 N–H and O–H groups in total. The van der Waals surface area contributed by atoms with E-state index in [2.05, 4.69) is 15.7 Å². The molecule has 0 rings (SSSR count). The molecule has 0 aromatic rings. The van der Waals surface area contributed by atoms with Crippen LogP contribution in [0.25, 0.3) is 0 Å². The number of hydrogen-bond donors (Lipinski definition) is 1. The van der Waals surface area contributed by atoms with E-state index in [1.165, 1.54) is 6.07 Å². The molecule has 0 saturated heterocycles. The fourth-order valence-corrected chi connectivity index (χ4v) is 0.253. The number of carbonyl (C=O) groups is 2. The van der Waals surface area contributed by atoms with Crippen LogP contribution in [0.4, 0.5) is 0 Å². The van der Waals surface area contributed by atoms with Crippen molar-refractivity contribution < 1.29 is 14.4 Å². The monoisotopic (exact) mass is 155 g/mol. The third kappa shape index (κ3) is 3.64. The van der Waals surface area contributed by atoms with E-state index in [0.29, 0.717) is 6.29 Å². The van der Waals surface area contributed by atoms with Gasteiger partial charge in [0.25, 0.3) is 5.91 Å². The minimum Gasteiger partial charge on any atom is -0.387 e. The highest BCUT2D eigenvalue weighted by molar-refractivity contribution is 6.44. The average Bonchev–Trinajstić information content (AvgIpc) is 1.97. The molecule has 0 saturated carbocycles. The van der Waals surface area contributed by atoms with Crippen LogP contribution in [-0.4, -0.2) is 24.5 Å². The van der Waals surface area contributed by atoms with Gasteiger partial charge in [0, 0.05) is 0 Å². The van der Waals surface area contributed by atoms with Gasteiger partial charge in [-0.05, 0) is 0 Å². The molecule has 0 aliphatic carbocycles. The van der Waals surface area contributed by atoms with Gasteiger partial charge in [-0.3, -0.25) is 9.59 Å². The molecule has 0 atom stereocenters. The first-order chi connectivity index (χ1) is 5.22. The van der Waals surface area contributed by atoms with Gasteiger partial charge in [0.1, 0.15) is 6.07 Å². The second kappa shape index (κ2) is 4.93. The van der Waals surface area contributed by atoms with E-state index in [4.69, 9.17) is 5.26 Å². The molecule has 1 amide bonds. The molecule has 11 heavy (non-hydrogen) atoms. The second-order valence-corrected chi connectivity index (χ2v) is 1.38. The van der Waals surface area contributed by atoms with Crippen molar-refractivity contribution in [1.82, 2.24) is 0 Å². The number of nitriles is 1. The molecule has 6 nitrogen and oxygen atoms in total. The number of nitrogens with two attached hydrogens (primary N) is 1. The zero-order valence-corrected chi connectivity index (χ0v) is 5.48. The third-order valence-electron chi connectivity index (χ3n) is 0.638. The van der Waals surface area contributed by atoms with Crippen molar-refractivity contribution in [2.45, 2.75) is 0 Å². The summed E-state index contributed by atoms with van der Waals surface area (Å²) < 4.78 is 0. The van der Waals surface area contributed by atoms with Crippen LogP contribution < -0.4 is 5.73 Å². The number of amides is 1. The highest BCUT2D eigenvalue weighted by atomic mass is 16.6. The first-order valence-corrected chi connectivity index (χ1v) is 2.56. The van der Waals surface area contributed by atoms with Gasteiger partial charge < -0.3 is 10.6 Å². The molecule has 0 aliphatic heterocycles. The molecule has 0 fully saturated rings. The molecule has 58 valence electrons. The standard InChI is InChI=1S/C5H5N3O3/c6-3-4(5(7)10)8-11-2-1-9/h1H,2H2,(H2,7,10). The summed E-state index contributed by atoms with van der Waals surface area (Å²) in [6.45, 7) is -0.307. The molecular formula is C5H5N3O3. The van der Waals surface area contributed by atoms with Crippen LogP contribution in [0.1, 0.15) is 0 Å². The summed E-state index contributed by atoms with van der Waals surface area (Å²) in [5.74, 6) is -0.988. The predicted molar refractivity (Wildman–Crippen MR) is 34.3 cm³/mol. The number of nitrogens with zero attached hydrogens (tertiary/aromatic N) is 2. The number of hydrogen-bond acceptors (Lipinski definition) is 5. The normalized spacial score (nSPS) is 9.91. The van der Waals surface area contributed by atoms with Crippen molar-refractivity contribution >= 4 is 17.9 Å². The molecule has 0 aromatic heterocycles. The van der Waals surface area contributed by atoms with Crippen LogP contribution in [0.2, 0.25) is 0 Å². The maximum atomic E-state index is 10.2. The summed E-state index contributed by atoms with van der Waals surface area (Å²) in [6, 6.07) is 1.39. The van der Waals surface area contributed by atoms with Gasteiger partial charge in [-0.1, -0.05) is 5.16 Å². The number of rotatable bonds is 4. The lowest BCUT2D eigenvalue weighted by Gasteiger charge is -1.90. The summed E-state index contributed by atoms with van der Waals surface area (Å²) >= 11 is 0. The zero-order chi connectivity index (χ0) is 8.69. The van der Waals surface area contributed by atoms with E-state index in [1.807, 2.05) is 0 Å². The highest BCUT2D eigenvalue weighted by Crippen LogP contribution is 1.77. The lowest BCUT2D eigenvalue weighted by atomic mass is 10.4. The maximum absolute atomic E-state index is 10.2. The van der Waals surface area contributed by atoms with Gasteiger partial charge in [0.2, 0.25) is 5.71 Å². The Labute approximate surface area is 62.2 Å². The Morgan fingerprint density at radius 3 is 2.82 bits per heavy atom. The SMILES string of the molecule is N#CC(=NOCC=O)C(N)=O. The van der Waals surface area contributed by atoms with Crippen molar-refractivity contribution in [3.63, 3.8) is 0 Å². The zero-order valence-electron chi connectivity index (χ0n) is 5.48. The fraction of sp³-hybridized carbons (Fsp3) is 0.200. The van der Waals surface area contributed by atoms with Crippen LogP contribution >= 0.6 is 0 Å². The topological polar surface area (TPSA) is 106 Å². The van der Waals surface area contributed by atoms with Crippen molar-refractivity contribution in [3.05, 3.63) is 0 Å². The number of aldehydes is 1. The lowest BCUT2D eigenvalue weighted by molar-refractivity contribution is -0.113. The number of oxime groups is 1. The molecule has 6 heteroatoms. The van der Waals surface area contributed by atoms with Crippen LogP contribution in [-0.2, 0) is 14.4 Å². The Bertz CT molecular complexity index is 228.